The van der Waals surface area contributed by atoms with E-state index in [1.165, 1.54) is 11.5 Å². The van der Waals surface area contributed by atoms with Crippen LogP contribution in [0.25, 0.3) is 16.6 Å². The van der Waals surface area contributed by atoms with Crippen LogP contribution in [0.5, 0.6) is 0 Å². The lowest BCUT2D eigenvalue weighted by molar-refractivity contribution is 0.266. The molecule has 7 heteroatoms. The van der Waals surface area contributed by atoms with Crippen LogP contribution in [-0.4, -0.2) is 41.1 Å². The molecule has 2 aromatic heterocycles. The van der Waals surface area contributed by atoms with Crippen molar-refractivity contribution in [1.82, 2.24) is 14.5 Å². The van der Waals surface area contributed by atoms with Gasteiger partial charge in [0.2, 0.25) is 0 Å². The molecule has 0 amide bonds. The Kier molecular flexibility index (Phi) is 4.46. The minimum absolute atomic E-state index is 0.122. The molecule has 3 rings (SSSR count). The number of benzene rings is 1. The molecule has 1 atom stereocenters. The summed E-state index contributed by atoms with van der Waals surface area (Å²) < 4.78 is 17.1. The largest absolute Gasteiger partial charge is 0.362 e. The number of aromatic amines is 1. The van der Waals surface area contributed by atoms with Crippen LogP contribution >= 0.6 is 0 Å². The smallest absolute Gasteiger partial charge is 0.279 e. The zero-order chi connectivity index (χ0) is 18.9. The van der Waals surface area contributed by atoms with Crippen LogP contribution in [0.1, 0.15) is 12.5 Å². The number of pyridine rings is 1. The van der Waals surface area contributed by atoms with E-state index < -0.39 is 5.67 Å². The Balaban J connectivity index is 2.13. The van der Waals surface area contributed by atoms with Crippen LogP contribution in [0.4, 0.5) is 4.39 Å². The molecule has 6 nitrogen and oxygen atoms in total. The number of nitrogens with zero attached hydrogens (tertiary/aromatic N) is 4. The maximum absolute atomic E-state index is 15.6. The second-order valence-electron chi connectivity index (χ2n) is 6.31. The molecule has 134 valence electrons. The lowest BCUT2D eigenvalue weighted by atomic mass is 9.95. The van der Waals surface area contributed by atoms with Gasteiger partial charge in [-0.15, -0.1) is 5.10 Å². The highest BCUT2D eigenvalue weighted by Gasteiger charge is 2.35. The standard InChI is InChI=1S/C19H20FN5O/c1-19(20,18(23-21-2)24(3)4)14-6-5-7-15(12-14)25-11-9-13-8-10-22-16(13)17(25)26/h5-12,22H,2H2,1,3-4H3/b23-18-. The first-order valence-electron chi connectivity index (χ1n) is 8.06. The molecule has 1 unspecified atom stereocenters. The van der Waals surface area contributed by atoms with Crippen LogP contribution in [-0.2, 0) is 5.67 Å². The van der Waals surface area contributed by atoms with Gasteiger partial charge < -0.3 is 9.88 Å². The molecule has 0 fully saturated rings. The van der Waals surface area contributed by atoms with E-state index in [0.717, 1.165) is 5.39 Å². The van der Waals surface area contributed by atoms with E-state index in [2.05, 4.69) is 21.9 Å². The van der Waals surface area contributed by atoms with Gasteiger partial charge in [-0.1, -0.05) is 12.1 Å². The molecule has 0 aliphatic rings. The van der Waals surface area contributed by atoms with Crippen molar-refractivity contribution in [3.05, 3.63) is 64.7 Å². The summed E-state index contributed by atoms with van der Waals surface area (Å²) in [6, 6.07) is 10.4. The molecule has 0 saturated carbocycles. The molecular weight excluding hydrogens is 333 g/mol. The third-order valence-electron chi connectivity index (χ3n) is 4.29. The predicted molar refractivity (Wildman–Crippen MR) is 103 cm³/mol. The quantitative estimate of drug-likeness (QED) is 0.445. The lowest BCUT2D eigenvalue weighted by Crippen LogP contribution is -2.38. The first-order chi connectivity index (χ1) is 12.4. The van der Waals surface area contributed by atoms with Crippen molar-refractivity contribution in [2.45, 2.75) is 12.6 Å². The summed E-state index contributed by atoms with van der Waals surface area (Å²) in [7, 11) is 3.38. The van der Waals surface area contributed by atoms with E-state index in [4.69, 9.17) is 0 Å². The highest BCUT2D eigenvalue weighted by atomic mass is 19.1. The van der Waals surface area contributed by atoms with Crippen LogP contribution in [0.3, 0.4) is 0 Å². The van der Waals surface area contributed by atoms with Crippen LogP contribution in [0, 0.1) is 0 Å². The molecule has 0 radical (unpaired) electrons. The lowest BCUT2D eigenvalue weighted by Gasteiger charge is -2.27. The number of likely N-dealkylation sites (N-methyl/N-ethyl adjacent to an activating group) is 1. The molecule has 26 heavy (non-hydrogen) atoms. The summed E-state index contributed by atoms with van der Waals surface area (Å²) in [4.78, 5) is 17.2. The minimum atomic E-state index is -1.90. The van der Waals surface area contributed by atoms with E-state index in [1.807, 2.05) is 12.1 Å². The Morgan fingerprint density at radius 3 is 2.77 bits per heavy atom. The molecule has 1 aromatic carbocycles. The van der Waals surface area contributed by atoms with Gasteiger partial charge in [-0.25, -0.2) is 4.39 Å². The van der Waals surface area contributed by atoms with Gasteiger partial charge in [0, 0.05) is 44.3 Å². The molecule has 3 aromatic rings. The number of hydrogen-bond donors (Lipinski definition) is 1. The fourth-order valence-corrected chi connectivity index (χ4v) is 3.00. The number of hydrogen-bond acceptors (Lipinski definition) is 3. The van der Waals surface area contributed by atoms with Crippen LogP contribution < -0.4 is 5.56 Å². The number of alkyl halides is 1. The average molecular weight is 353 g/mol. The van der Waals surface area contributed by atoms with E-state index >= 15 is 4.39 Å². The van der Waals surface area contributed by atoms with Crippen molar-refractivity contribution < 1.29 is 4.39 Å². The number of amidine groups is 1. The van der Waals surface area contributed by atoms with Gasteiger partial charge in [0.15, 0.2) is 11.5 Å². The maximum atomic E-state index is 15.6. The van der Waals surface area contributed by atoms with Gasteiger partial charge in [-0.3, -0.25) is 9.36 Å². The number of halogens is 1. The first kappa shape index (κ1) is 17.6. The van der Waals surface area contributed by atoms with Crippen molar-refractivity contribution in [1.29, 1.82) is 0 Å². The maximum Gasteiger partial charge on any atom is 0.279 e. The van der Waals surface area contributed by atoms with Gasteiger partial charge >= 0.3 is 0 Å². The Morgan fingerprint density at radius 2 is 2.08 bits per heavy atom. The van der Waals surface area contributed by atoms with Crippen LogP contribution in [0.2, 0.25) is 0 Å². The molecule has 0 saturated heterocycles. The topological polar surface area (TPSA) is 65.8 Å². The molecule has 0 aliphatic heterocycles. The van der Waals surface area contributed by atoms with E-state index in [0.29, 0.717) is 16.8 Å². The minimum Gasteiger partial charge on any atom is -0.362 e. The third kappa shape index (κ3) is 2.92. The second-order valence-corrected chi connectivity index (χ2v) is 6.31. The van der Waals surface area contributed by atoms with Gasteiger partial charge in [-0.2, -0.15) is 5.10 Å². The summed E-state index contributed by atoms with van der Waals surface area (Å²) in [5.41, 5.74) is -0.658. The highest BCUT2D eigenvalue weighted by Crippen LogP contribution is 2.30. The Morgan fingerprint density at radius 1 is 1.31 bits per heavy atom. The molecule has 0 spiro atoms. The van der Waals surface area contributed by atoms with E-state index in [-0.39, 0.29) is 11.4 Å². The van der Waals surface area contributed by atoms with Crippen LogP contribution in [0.15, 0.2) is 63.8 Å². The molecule has 1 N–H and O–H groups in total. The van der Waals surface area contributed by atoms with Gasteiger partial charge in [0.1, 0.15) is 5.52 Å². The SMILES string of the molecule is C=N/N=C(\N(C)C)C(C)(F)c1cccc(-n2ccc3cc[nH]c3c2=O)c1. The number of nitrogens with one attached hydrogen (secondary N) is 1. The van der Waals surface area contributed by atoms with Gasteiger partial charge in [0.25, 0.3) is 5.56 Å². The Bertz CT molecular complexity index is 1050. The first-order valence-corrected chi connectivity index (χ1v) is 8.06. The van der Waals surface area contributed by atoms with Crippen molar-refractivity contribution in [2.75, 3.05) is 14.1 Å². The predicted octanol–water partition coefficient (Wildman–Crippen LogP) is 3.08. The summed E-state index contributed by atoms with van der Waals surface area (Å²) >= 11 is 0. The monoisotopic (exact) mass is 353 g/mol. The number of rotatable bonds is 4. The summed E-state index contributed by atoms with van der Waals surface area (Å²) in [5.74, 6) is 0.122. The Hall–Kier alpha value is -3.22. The van der Waals surface area contributed by atoms with Crippen molar-refractivity contribution in [3.8, 4) is 5.69 Å². The summed E-state index contributed by atoms with van der Waals surface area (Å²) in [6.07, 6.45) is 3.40. The fraction of sp³-hybridized carbons (Fsp3) is 0.211. The zero-order valence-electron chi connectivity index (χ0n) is 14.9. The molecule has 0 aliphatic carbocycles. The molecule has 0 bridgehead atoms. The van der Waals surface area contributed by atoms with Crippen molar-refractivity contribution in [2.24, 2.45) is 10.2 Å². The second kappa shape index (κ2) is 6.59. The highest BCUT2D eigenvalue weighted by molar-refractivity contribution is 5.91. The fourth-order valence-electron chi connectivity index (χ4n) is 3.00. The van der Waals surface area contributed by atoms with Crippen molar-refractivity contribution in [3.63, 3.8) is 0 Å². The molecule has 2 heterocycles. The van der Waals surface area contributed by atoms with E-state index in [1.54, 1.807) is 55.7 Å². The Labute approximate surface area is 150 Å². The number of H-pyrrole nitrogens is 1. The van der Waals surface area contributed by atoms with E-state index in [9.17, 15) is 4.79 Å². The third-order valence-corrected chi connectivity index (χ3v) is 4.29. The summed E-state index contributed by atoms with van der Waals surface area (Å²) in [6.45, 7) is 4.72. The van der Waals surface area contributed by atoms with Gasteiger partial charge in [-0.05, 0) is 36.8 Å². The van der Waals surface area contributed by atoms with Crippen molar-refractivity contribution >= 4 is 23.5 Å². The zero-order valence-corrected chi connectivity index (χ0v) is 14.9. The normalized spacial score (nSPS) is 14.2. The number of aromatic nitrogens is 2. The van der Waals surface area contributed by atoms with Gasteiger partial charge in [0.05, 0.1) is 0 Å². The number of fused-ring (bicyclic) bond motifs is 1. The average Bonchev–Trinajstić information content (AvgIpc) is 3.09. The summed E-state index contributed by atoms with van der Waals surface area (Å²) in [5, 5.41) is 8.13. The molecular formula is C19H20FN5O.